The van der Waals surface area contributed by atoms with Crippen LogP contribution in [0.5, 0.6) is 0 Å². The van der Waals surface area contributed by atoms with Crippen molar-refractivity contribution in [3.63, 3.8) is 0 Å². The Balaban J connectivity index is 1.78. The molecule has 3 rings (SSSR count). The number of hydrogen-bond acceptors (Lipinski definition) is 5. The van der Waals surface area contributed by atoms with Crippen molar-refractivity contribution in [3.8, 4) is 11.3 Å². The maximum atomic E-state index is 12.8. The molecule has 1 unspecified atom stereocenters. The predicted octanol–water partition coefficient (Wildman–Crippen LogP) is 4.76. The summed E-state index contributed by atoms with van der Waals surface area (Å²) in [5.74, 6) is -0.256. The molecule has 0 aliphatic heterocycles. The van der Waals surface area contributed by atoms with Gasteiger partial charge in [-0.25, -0.2) is 0 Å². The second-order valence-electron chi connectivity index (χ2n) is 6.64. The number of fused-ring (bicyclic) bond motifs is 1. The third-order valence-electron chi connectivity index (χ3n) is 4.55. The van der Waals surface area contributed by atoms with E-state index in [1.54, 1.807) is 6.26 Å². The van der Waals surface area contributed by atoms with Crippen LogP contribution in [0.1, 0.15) is 56.3 Å². The summed E-state index contributed by atoms with van der Waals surface area (Å²) >= 11 is 0. The lowest BCUT2D eigenvalue weighted by molar-refractivity contribution is 0.0939. The van der Waals surface area contributed by atoms with Crippen LogP contribution in [0, 0.1) is 0 Å². The van der Waals surface area contributed by atoms with E-state index in [1.807, 2.05) is 31.2 Å². The van der Waals surface area contributed by atoms with Crippen LogP contribution in [0.15, 0.2) is 39.5 Å². The van der Waals surface area contributed by atoms with Crippen LogP contribution >= 0.6 is 0 Å². The molecule has 0 saturated carbocycles. The fourth-order valence-corrected chi connectivity index (χ4v) is 3.11. The number of unbranched alkanes of at least 4 members (excludes halogenated alkanes) is 3. The number of hydrogen-bond donors (Lipinski definition) is 2. The molecule has 1 aromatic carbocycles. The average Bonchev–Trinajstić information content (AvgIpc) is 3.22. The lowest BCUT2D eigenvalue weighted by Crippen LogP contribution is -2.33. The summed E-state index contributed by atoms with van der Waals surface area (Å²) < 4.78 is 10.7. The molecule has 1 amide bonds. The zero-order valence-corrected chi connectivity index (χ0v) is 15.2. The Labute approximate surface area is 152 Å². The van der Waals surface area contributed by atoms with Crippen LogP contribution in [-0.2, 0) is 0 Å². The number of benzene rings is 1. The Morgan fingerprint density at radius 2 is 2.08 bits per heavy atom. The van der Waals surface area contributed by atoms with Crippen LogP contribution in [0.2, 0.25) is 0 Å². The molecule has 0 radical (unpaired) electrons. The zero-order chi connectivity index (χ0) is 18.5. The molecule has 138 valence electrons. The second-order valence-corrected chi connectivity index (χ2v) is 6.64. The maximum Gasteiger partial charge on any atom is 0.259 e. The molecule has 26 heavy (non-hydrogen) atoms. The third kappa shape index (κ3) is 3.74. The van der Waals surface area contributed by atoms with Crippen molar-refractivity contribution >= 4 is 22.8 Å². The first-order chi connectivity index (χ1) is 12.6. The smallest absolute Gasteiger partial charge is 0.259 e. The van der Waals surface area contributed by atoms with E-state index in [-0.39, 0.29) is 23.4 Å². The van der Waals surface area contributed by atoms with E-state index < -0.39 is 0 Å². The lowest BCUT2D eigenvalue weighted by Gasteiger charge is -2.13. The normalized spacial score (nSPS) is 12.4. The van der Waals surface area contributed by atoms with Crippen molar-refractivity contribution in [2.75, 3.05) is 5.73 Å². The van der Waals surface area contributed by atoms with E-state index in [0.29, 0.717) is 11.3 Å². The number of nitrogen functional groups attached to an aromatic ring is 1. The summed E-state index contributed by atoms with van der Waals surface area (Å²) in [6.45, 7) is 4.18. The highest BCUT2D eigenvalue weighted by molar-refractivity contribution is 6.06. The van der Waals surface area contributed by atoms with Gasteiger partial charge in [-0.3, -0.25) is 4.79 Å². The van der Waals surface area contributed by atoms with Crippen molar-refractivity contribution in [2.24, 2.45) is 0 Å². The van der Waals surface area contributed by atoms with Gasteiger partial charge in [0, 0.05) is 11.4 Å². The number of nitrogens with two attached hydrogens (primary N) is 1. The minimum atomic E-state index is -0.271. The Bertz CT molecular complexity index is 881. The molecular formula is C20H25N3O3. The molecular weight excluding hydrogens is 330 g/mol. The molecule has 6 heteroatoms. The summed E-state index contributed by atoms with van der Waals surface area (Å²) in [6, 6.07) is 7.63. The van der Waals surface area contributed by atoms with Crippen molar-refractivity contribution in [1.82, 2.24) is 10.5 Å². The average molecular weight is 355 g/mol. The Kier molecular flexibility index (Phi) is 5.61. The van der Waals surface area contributed by atoms with Crippen LogP contribution in [0.4, 0.5) is 5.88 Å². The fourth-order valence-electron chi connectivity index (χ4n) is 3.11. The van der Waals surface area contributed by atoms with Crippen molar-refractivity contribution in [1.29, 1.82) is 0 Å². The fraction of sp³-hybridized carbons (Fsp3) is 0.400. The van der Waals surface area contributed by atoms with Gasteiger partial charge in [0.25, 0.3) is 5.91 Å². The summed E-state index contributed by atoms with van der Waals surface area (Å²) in [7, 11) is 0. The van der Waals surface area contributed by atoms with Crippen LogP contribution in [-0.4, -0.2) is 17.1 Å². The number of furan rings is 1. The zero-order valence-electron chi connectivity index (χ0n) is 15.2. The Morgan fingerprint density at radius 1 is 1.27 bits per heavy atom. The topological polar surface area (TPSA) is 94.3 Å². The van der Waals surface area contributed by atoms with Gasteiger partial charge in [0.15, 0.2) is 0 Å². The van der Waals surface area contributed by atoms with Gasteiger partial charge in [-0.2, -0.15) is 0 Å². The Hall–Kier alpha value is -2.76. The van der Waals surface area contributed by atoms with Gasteiger partial charge in [-0.05, 0) is 19.4 Å². The molecule has 0 fully saturated rings. The number of nitrogens with zero attached hydrogens (tertiary/aromatic N) is 1. The van der Waals surface area contributed by atoms with Crippen LogP contribution in [0.3, 0.4) is 0 Å². The van der Waals surface area contributed by atoms with E-state index in [0.717, 1.165) is 23.8 Å². The van der Waals surface area contributed by atoms with E-state index in [1.165, 1.54) is 19.3 Å². The minimum Gasteiger partial charge on any atom is -0.464 e. The van der Waals surface area contributed by atoms with Crippen LogP contribution in [0.25, 0.3) is 22.2 Å². The number of rotatable bonds is 8. The largest absolute Gasteiger partial charge is 0.464 e. The molecule has 3 aromatic rings. The number of aromatic nitrogens is 1. The molecule has 0 aliphatic rings. The number of carbonyl (C=O) groups is 1. The summed E-state index contributed by atoms with van der Waals surface area (Å²) in [4.78, 5) is 12.8. The van der Waals surface area contributed by atoms with E-state index in [4.69, 9.17) is 14.7 Å². The number of para-hydroxylation sites is 1. The lowest BCUT2D eigenvalue weighted by atomic mass is 10.0. The molecule has 0 aliphatic carbocycles. The summed E-state index contributed by atoms with van der Waals surface area (Å²) in [5, 5.41) is 7.87. The highest BCUT2D eigenvalue weighted by Crippen LogP contribution is 2.34. The van der Waals surface area contributed by atoms with Gasteiger partial charge in [-0.15, -0.1) is 0 Å². The highest BCUT2D eigenvalue weighted by Gasteiger charge is 2.25. The SMILES string of the molecule is CCCCCCC(C)NC(=O)c1c(-c2coc3ccccc23)noc1N. The molecule has 0 spiro atoms. The molecule has 0 bridgehead atoms. The second kappa shape index (κ2) is 8.08. The van der Waals surface area contributed by atoms with Gasteiger partial charge >= 0.3 is 0 Å². The standard InChI is InChI=1S/C20H25N3O3/c1-3-4-5-6-9-13(2)22-20(24)17-18(23-26-19(17)21)15-12-25-16-11-8-7-10-14(15)16/h7-8,10-13H,3-6,9,21H2,1-2H3,(H,22,24). The molecule has 0 saturated heterocycles. The summed E-state index contributed by atoms with van der Waals surface area (Å²) in [6.07, 6.45) is 7.19. The summed E-state index contributed by atoms with van der Waals surface area (Å²) in [5.41, 5.74) is 7.97. The van der Waals surface area contributed by atoms with Gasteiger partial charge in [0.05, 0.1) is 5.56 Å². The monoisotopic (exact) mass is 355 g/mol. The predicted molar refractivity (Wildman–Crippen MR) is 102 cm³/mol. The van der Waals surface area contributed by atoms with E-state index in [2.05, 4.69) is 17.4 Å². The van der Waals surface area contributed by atoms with E-state index in [9.17, 15) is 4.79 Å². The first kappa shape index (κ1) is 18.0. The first-order valence-electron chi connectivity index (χ1n) is 9.14. The van der Waals surface area contributed by atoms with Gasteiger partial charge in [0.2, 0.25) is 5.88 Å². The minimum absolute atomic E-state index is 0.0148. The number of amides is 1. The number of carbonyl (C=O) groups excluding carboxylic acids is 1. The first-order valence-corrected chi connectivity index (χ1v) is 9.14. The van der Waals surface area contributed by atoms with Crippen LogP contribution < -0.4 is 11.1 Å². The molecule has 6 nitrogen and oxygen atoms in total. The van der Waals surface area contributed by atoms with Gasteiger partial charge in [-0.1, -0.05) is 56.0 Å². The number of anilines is 1. The maximum absolute atomic E-state index is 12.8. The van der Waals surface area contributed by atoms with Crippen molar-refractivity contribution < 1.29 is 13.7 Å². The van der Waals surface area contributed by atoms with Crippen molar-refractivity contribution in [3.05, 3.63) is 36.1 Å². The molecule has 2 heterocycles. The van der Waals surface area contributed by atoms with Crippen molar-refractivity contribution in [2.45, 2.75) is 52.0 Å². The van der Waals surface area contributed by atoms with Gasteiger partial charge < -0.3 is 20.0 Å². The molecule has 1 atom stereocenters. The highest BCUT2D eigenvalue weighted by atomic mass is 16.5. The third-order valence-corrected chi connectivity index (χ3v) is 4.55. The number of nitrogens with one attached hydrogen (secondary N) is 1. The molecule has 2 aromatic heterocycles. The van der Waals surface area contributed by atoms with Gasteiger partial charge in [0.1, 0.15) is 23.1 Å². The molecule has 3 N–H and O–H groups in total. The quantitative estimate of drug-likeness (QED) is 0.568. The van der Waals surface area contributed by atoms with E-state index >= 15 is 0 Å². The Morgan fingerprint density at radius 3 is 2.88 bits per heavy atom.